The highest BCUT2D eigenvalue weighted by Gasteiger charge is 2.30. The van der Waals surface area contributed by atoms with Gasteiger partial charge in [-0.1, -0.05) is 66.7 Å². The molecule has 31 heavy (non-hydrogen) atoms. The molecule has 0 aliphatic carbocycles. The van der Waals surface area contributed by atoms with Crippen molar-refractivity contribution in [3.05, 3.63) is 90.1 Å². The van der Waals surface area contributed by atoms with Gasteiger partial charge in [-0.3, -0.25) is 0 Å². The Kier molecular flexibility index (Phi) is 5.61. The monoisotopic (exact) mass is 439 g/mol. The van der Waals surface area contributed by atoms with Crippen molar-refractivity contribution in [3.63, 3.8) is 0 Å². The van der Waals surface area contributed by atoms with Crippen molar-refractivity contribution in [2.24, 2.45) is 0 Å². The molecular formula is C24H16F3NO2S. The summed E-state index contributed by atoms with van der Waals surface area (Å²) in [5.74, 6) is -0.600. The standard InChI is InChI=1S/C24H16F3NO2S/c1-30-23(29)20-21(17-9-7-16(8-10-17)15-5-3-2-4-6-15)31-22(28-20)18-11-13-19(14-12-18)24(25,26)27/h2-14H,1H3. The maximum Gasteiger partial charge on any atom is 0.416 e. The lowest BCUT2D eigenvalue weighted by atomic mass is 10.0. The number of halogens is 3. The Labute approximate surface area is 180 Å². The van der Waals surface area contributed by atoms with Crippen LogP contribution in [-0.2, 0) is 10.9 Å². The molecule has 0 saturated carbocycles. The fourth-order valence-corrected chi connectivity index (χ4v) is 4.18. The number of benzene rings is 3. The first-order valence-electron chi connectivity index (χ1n) is 9.29. The van der Waals surface area contributed by atoms with Gasteiger partial charge >= 0.3 is 12.1 Å². The zero-order valence-electron chi connectivity index (χ0n) is 16.3. The highest BCUT2D eigenvalue weighted by molar-refractivity contribution is 7.18. The normalized spacial score (nSPS) is 11.4. The van der Waals surface area contributed by atoms with Crippen LogP contribution in [0.3, 0.4) is 0 Å². The molecule has 3 nitrogen and oxygen atoms in total. The molecule has 4 rings (SSSR count). The largest absolute Gasteiger partial charge is 0.464 e. The number of carbonyl (C=O) groups excluding carboxylic acids is 1. The first-order valence-corrected chi connectivity index (χ1v) is 10.1. The van der Waals surface area contributed by atoms with Crippen molar-refractivity contribution in [2.45, 2.75) is 6.18 Å². The Hall–Kier alpha value is -3.45. The number of ether oxygens (including phenoxy) is 1. The van der Waals surface area contributed by atoms with Gasteiger partial charge in [-0.25, -0.2) is 9.78 Å². The number of alkyl halides is 3. The van der Waals surface area contributed by atoms with Gasteiger partial charge in [0.05, 0.1) is 17.6 Å². The molecule has 0 unspecified atom stereocenters. The number of nitrogens with zero attached hydrogens (tertiary/aromatic N) is 1. The van der Waals surface area contributed by atoms with E-state index < -0.39 is 17.7 Å². The van der Waals surface area contributed by atoms with E-state index in [1.165, 1.54) is 30.6 Å². The van der Waals surface area contributed by atoms with E-state index in [0.29, 0.717) is 15.4 Å². The van der Waals surface area contributed by atoms with Gasteiger partial charge in [0.25, 0.3) is 0 Å². The smallest absolute Gasteiger partial charge is 0.416 e. The molecule has 0 amide bonds. The van der Waals surface area contributed by atoms with Crippen molar-refractivity contribution < 1.29 is 22.7 Å². The third-order valence-corrected chi connectivity index (χ3v) is 5.87. The van der Waals surface area contributed by atoms with Crippen LogP contribution in [0, 0.1) is 0 Å². The van der Waals surface area contributed by atoms with E-state index in [1.54, 1.807) is 0 Å². The second-order valence-electron chi connectivity index (χ2n) is 6.71. The molecular weight excluding hydrogens is 423 g/mol. The van der Waals surface area contributed by atoms with Crippen LogP contribution in [0.4, 0.5) is 13.2 Å². The highest BCUT2D eigenvalue weighted by atomic mass is 32.1. The van der Waals surface area contributed by atoms with Crippen molar-refractivity contribution >= 4 is 17.3 Å². The molecule has 0 spiro atoms. The van der Waals surface area contributed by atoms with E-state index in [4.69, 9.17) is 4.74 Å². The highest BCUT2D eigenvalue weighted by Crippen LogP contribution is 2.38. The molecule has 0 aliphatic heterocycles. The van der Waals surface area contributed by atoms with Gasteiger partial charge in [0, 0.05) is 5.56 Å². The molecule has 156 valence electrons. The number of rotatable bonds is 4. The molecule has 7 heteroatoms. The van der Waals surface area contributed by atoms with Gasteiger partial charge in [-0.15, -0.1) is 11.3 Å². The zero-order valence-corrected chi connectivity index (χ0v) is 17.1. The van der Waals surface area contributed by atoms with Crippen molar-refractivity contribution in [3.8, 4) is 32.1 Å². The van der Waals surface area contributed by atoms with E-state index in [2.05, 4.69) is 4.98 Å². The summed E-state index contributed by atoms with van der Waals surface area (Å²) >= 11 is 1.23. The average molecular weight is 439 g/mol. The Bertz CT molecular complexity index is 1200. The Morgan fingerprint density at radius 1 is 0.806 bits per heavy atom. The summed E-state index contributed by atoms with van der Waals surface area (Å²) in [5.41, 5.74) is 2.76. The second kappa shape index (κ2) is 8.35. The minimum absolute atomic E-state index is 0.134. The third kappa shape index (κ3) is 4.36. The summed E-state index contributed by atoms with van der Waals surface area (Å²) < 4.78 is 43.4. The van der Waals surface area contributed by atoms with Crippen LogP contribution in [-0.4, -0.2) is 18.1 Å². The van der Waals surface area contributed by atoms with Gasteiger partial charge in [0.1, 0.15) is 5.01 Å². The molecule has 3 aromatic carbocycles. The van der Waals surface area contributed by atoms with Gasteiger partial charge in [-0.05, 0) is 28.8 Å². The van der Waals surface area contributed by atoms with Crippen LogP contribution in [0.15, 0.2) is 78.9 Å². The summed E-state index contributed by atoms with van der Waals surface area (Å²) in [5, 5.41) is 0.441. The number of methoxy groups -OCH3 is 1. The van der Waals surface area contributed by atoms with Crippen molar-refractivity contribution in [2.75, 3.05) is 7.11 Å². The number of hydrogen-bond acceptors (Lipinski definition) is 4. The number of hydrogen-bond donors (Lipinski definition) is 0. The summed E-state index contributed by atoms with van der Waals surface area (Å²) in [4.78, 5) is 17.3. The lowest BCUT2D eigenvalue weighted by Crippen LogP contribution is -2.04. The minimum atomic E-state index is -4.41. The van der Waals surface area contributed by atoms with Crippen LogP contribution in [0.25, 0.3) is 32.1 Å². The first-order chi connectivity index (χ1) is 14.9. The van der Waals surface area contributed by atoms with Gasteiger partial charge in [-0.2, -0.15) is 13.2 Å². The molecule has 0 aliphatic rings. The second-order valence-corrected chi connectivity index (χ2v) is 7.71. The predicted octanol–water partition coefficient (Wildman–Crippen LogP) is 6.95. The molecule has 1 heterocycles. The number of esters is 1. The summed E-state index contributed by atoms with van der Waals surface area (Å²) in [7, 11) is 1.27. The van der Waals surface area contributed by atoms with Crippen LogP contribution in [0.1, 0.15) is 16.1 Å². The maximum absolute atomic E-state index is 12.8. The lowest BCUT2D eigenvalue weighted by molar-refractivity contribution is -0.137. The summed E-state index contributed by atoms with van der Waals surface area (Å²) in [6.07, 6.45) is -4.41. The molecule has 0 radical (unpaired) electrons. The molecule has 0 atom stereocenters. The minimum Gasteiger partial charge on any atom is -0.464 e. The average Bonchev–Trinajstić information content (AvgIpc) is 3.24. The third-order valence-electron chi connectivity index (χ3n) is 4.72. The van der Waals surface area contributed by atoms with E-state index >= 15 is 0 Å². The number of aromatic nitrogens is 1. The van der Waals surface area contributed by atoms with E-state index in [-0.39, 0.29) is 5.69 Å². The predicted molar refractivity (Wildman–Crippen MR) is 115 cm³/mol. The molecule has 4 aromatic rings. The van der Waals surface area contributed by atoms with Crippen LogP contribution in [0.2, 0.25) is 0 Å². The van der Waals surface area contributed by atoms with E-state index in [0.717, 1.165) is 28.8 Å². The fraction of sp³-hybridized carbons (Fsp3) is 0.0833. The van der Waals surface area contributed by atoms with Gasteiger partial charge < -0.3 is 4.74 Å². The van der Waals surface area contributed by atoms with Crippen LogP contribution >= 0.6 is 11.3 Å². The molecule has 1 aromatic heterocycles. The topological polar surface area (TPSA) is 39.2 Å². The summed E-state index contributed by atoms with van der Waals surface area (Å²) in [6, 6.07) is 22.2. The molecule has 0 fully saturated rings. The van der Waals surface area contributed by atoms with Crippen LogP contribution < -0.4 is 0 Å². The maximum atomic E-state index is 12.8. The van der Waals surface area contributed by atoms with Gasteiger partial charge in [0.2, 0.25) is 0 Å². The molecule has 0 saturated heterocycles. The zero-order chi connectivity index (χ0) is 22.0. The van der Waals surface area contributed by atoms with Gasteiger partial charge in [0.15, 0.2) is 5.69 Å². The SMILES string of the molecule is COC(=O)c1nc(-c2ccc(C(F)(F)F)cc2)sc1-c1ccc(-c2ccccc2)cc1. The molecule has 0 bridgehead atoms. The Balaban J connectivity index is 1.72. The number of carbonyl (C=O) groups is 1. The van der Waals surface area contributed by atoms with E-state index in [1.807, 2.05) is 54.6 Å². The Morgan fingerprint density at radius 3 is 1.94 bits per heavy atom. The Morgan fingerprint density at radius 2 is 1.35 bits per heavy atom. The van der Waals surface area contributed by atoms with Crippen LogP contribution in [0.5, 0.6) is 0 Å². The fourth-order valence-electron chi connectivity index (χ4n) is 3.12. The summed E-state index contributed by atoms with van der Waals surface area (Å²) in [6.45, 7) is 0. The lowest BCUT2D eigenvalue weighted by Gasteiger charge is -2.06. The number of thiazole rings is 1. The van der Waals surface area contributed by atoms with Crippen molar-refractivity contribution in [1.82, 2.24) is 4.98 Å². The first kappa shape index (κ1) is 20.8. The van der Waals surface area contributed by atoms with Crippen molar-refractivity contribution in [1.29, 1.82) is 0 Å². The molecule has 0 N–H and O–H groups in total. The van der Waals surface area contributed by atoms with E-state index in [9.17, 15) is 18.0 Å². The quantitative estimate of drug-likeness (QED) is 0.323.